The summed E-state index contributed by atoms with van der Waals surface area (Å²) in [5.41, 5.74) is 0.142. The molecule has 1 heterocycles. The molecular weight excluding hydrogens is 333 g/mol. The highest BCUT2D eigenvalue weighted by atomic mass is 19.1. The number of ether oxygens (including phenoxy) is 2. The molecule has 0 spiro atoms. The Hall–Kier alpha value is -1.43. The maximum atomic E-state index is 14.2. The molecule has 1 aromatic carbocycles. The molecule has 4 nitrogen and oxygen atoms in total. The van der Waals surface area contributed by atoms with Gasteiger partial charge >= 0.3 is 0 Å². The number of aliphatic hydroxyl groups is 1. The normalized spacial score (nSPS) is 19.7. The Labute approximate surface area is 156 Å². The van der Waals surface area contributed by atoms with E-state index in [1.165, 1.54) is 6.07 Å². The van der Waals surface area contributed by atoms with Crippen LogP contribution in [-0.2, 0) is 10.3 Å². The number of benzene rings is 1. The van der Waals surface area contributed by atoms with Crippen molar-refractivity contribution in [1.29, 1.82) is 0 Å². The van der Waals surface area contributed by atoms with E-state index in [9.17, 15) is 9.50 Å². The van der Waals surface area contributed by atoms with Crippen LogP contribution >= 0.6 is 0 Å². The molecule has 146 valence electrons. The number of nitrogens with one attached hydrogen (secondary N) is 1. The van der Waals surface area contributed by atoms with E-state index in [1.54, 1.807) is 18.2 Å². The number of hydrogen-bond donors (Lipinski definition) is 2. The third kappa shape index (κ3) is 5.06. The Morgan fingerprint density at radius 3 is 2.92 bits per heavy atom. The van der Waals surface area contributed by atoms with Crippen molar-refractivity contribution in [2.75, 3.05) is 32.9 Å². The summed E-state index contributed by atoms with van der Waals surface area (Å²) in [6.07, 6.45) is 6.00. The zero-order valence-electron chi connectivity index (χ0n) is 15.8. The maximum Gasteiger partial charge on any atom is 0.126 e. The lowest BCUT2D eigenvalue weighted by Crippen LogP contribution is -2.46. The van der Waals surface area contributed by atoms with Gasteiger partial charge in [-0.15, -0.1) is 0 Å². The minimum Gasteiger partial charge on any atom is -0.489 e. The number of unbranched alkanes of at least 4 members (excludes halogenated alkanes) is 1. The summed E-state index contributed by atoms with van der Waals surface area (Å²) in [4.78, 5) is 0. The van der Waals surface area contributed by atoms with Gasteiger partial charge in [-0.2, -0.15) is 0 Å². The summed E-state index contributed by atoms with van der Waals surface area (Å²) in [6, 6.07) is 4.66. The highest BCUT2D eigenvalue weighted by Crippen LogP contribution is 2.45. The monoisotopic (exact) mass is 365 g/mol. The fourth-order valence-electron chi connectivity index (χ4n) is 3.94. The summed E-state index contributed by atoms with van der Waals surface area (Å²) < 4.78 is 26.4. The number of rotatable bonds is 11. The summed E-state index contributed by atoms with van der Waals surface area (Å²) in [5, 5.41) is 12.7. The smallest absolute Gasteiger partial charge is 0.126 e. The van der Waals surface area contributed by atoms with Crippen molar-refractivity contribution in [1.82, 2.24) is 5.32 Å². The molecule has 1 aromatic rings. The van der Waals surface area contributed by atoms with E-state index in [4.69, 9.17) is 9.47 Å². The van der Waals surface area contributed by atoms with Crippen LogP contribution in [0.5, 0.6) is 5.75 Å². The van der Waals surface area contributed by atoms with Crippen molar-refractivity contribution < 1.29 is 19.0 Å². The molecule has 0 aliphatic carbocycles. The largest absolute Gasteiger partial charge is 0.489 e. The van der Waals surface area contributed by atoms with Crippen molar-refractivity contribution in [2.24, 2.45) is 5.92 Å². The molecule has 0 amide bonds. The maximum absolute atomic E-state index is 14.2. The van der Waals surface area contributed by atoms with Gasteiger partial charge < -0.3 is 19.9 Å². The number of hydrogen-bond acceptors (Lipinski definition) is 4. The number of aliphatic hydroxyl groups excluding tert-OH is 1. The molecule has 1 fully saturated rings. The fraction of sp³-hybridized carbons (Fsp3) is 0.619. The van der Waals surface area contributed by atoms with Crippen LogP contribution in [0.1, 0.15) is 44.6 Å². The van der Waals surface area contributed by atoms with Gasteiger partial charge in [0.2, 0.25) is 0 Å². The molecule has 1 aliphatic rings. The molecule has 2 rings (SSSR count). The van der Waals surface area contributed by atoms with E-state index in [0.717, 1.165) is 44.3 Å². The lowest BCUT2D eigenvalue weighted by molar-refractivity contribution is -0.103. The van der Waals surface area contributed by atoms with Crippen LogP contribution in [0.2, 0.25) is 0 Å². The average molecular weight is 365 g/mol. The van der Waals surface area contributed by atoms with Gasteiger partial charge in [0.1, 0.15) is 23.8 Å². The first-order valence-electron chi connectivity index (χ1n) is 9.67. The zero-order chi connectivity index (χ0) is 18.8. The highest BCUT2D eigenvalue weighted by Gasteiger charge is 2.43. The first-order valence-corrected chi connectivity index (χ1v) is 9.67. The molecule has 0 radical (unpaired) electrons. The summed E-state index contributed by atoms with van der Waals surface area (Å²) in [5.74, 6) is 0.582. The van der Waals surface area contributed by atoms with Crippen molar-refractivity contribution in [3.63, 3.8) is 0 Å². The van der Waals surface area contributed by atoms with Crippen LogP contribution in [0.4, 0.5) is 4.39 Å². The Bertz CT molecular complexity index is 560. The van der Waals surface area contributed by atoms with Crippen molar-refractivity contribution in [3.8, 4) is 5.75 Å². The van der Waals surface area contributed by atoms with Crippen molar-refractivity contribution in [3.05, 3.63) is 42.2 Å². The van der Waals surface area contributed by atoms with E-state index in [2.05, 4.69) is 11.9 Å². The lowest BCUT2D eigenvalue weighted by atomic mass is 9.73. The predicted octanol–water partition coefficient (Wildman–Crippen LogP) is 3.78. The van der Waals surface area contributed by atoms with Crippen molar-refractivity contribution in [2.45, 2.75) is 44.6 Å². The van der Waals surface area contributed by atoms with Crippen LogP contribution < -0.4 is 10.1 Å². The molecular formula is C21H32FNO3. The van der Waals surface area contributed by atoms with Crippen LogP contribution in [0, 0.1) is 11.7 Å². The number of piperidine rings is 1. The molecule has 26 heavy (non-hydrogen) atoms. The Balaban J connectivity index is 2.48. The van der Waals surface area contributed by atoms with Crippen LogP contribution in [-0.4, -0.2) is 38.0 Å². The minimum atomic E-state index is -0.629. The summed E-state index contributed by atoms with van der Waals surface area (Å²) in [7, 11) is 0. The predicted molar refractivity (Wildman–Crippen MR) is 102 cm³/mol. The second kappa shape index (κ2) is 10.7. The molecule has 1 aliphatic heterocycles. The van der Waals surface area contributed by atoms with Gasteiger partial charge in [-0.05, 0) is 63.8 Å². The van der Waals surface area contributed by atoms with Gasteiger partial charge in [-0.3, -0.25) is 0 Å². The van der Waals surface area contributed by atoms with Crippen LogP contribution in [0.3, 0.4) is 0 Å². The second-order valence-electron chi connectivity index (χ2n) is 6.79. The Morgan fingerprint density at radius 1 is 1.42 bits per heavy atom. The van der Waals surface area contributed by atoms with E-state index in [0.29, 0.717) is 25.4 Å². The molecule has 1 saturated heterocycles. The Morgan fingerprint density at radius 2 is 2.27 bits per heavy atom. The SMILES string of the molecule is C=CCOc1ccc(F)cc1C(CCCCO)(OCC)[C@@H]1CCCNC1. The van der Waals surface area contributed by atoms with E-state index < -0.39 is 5.60 Å². The topological polar surface area (TPSA) is 50.7 Å². The van der Waals surface area contributed by atoms with E-state index >= 15 is 0 Å². The van der Waals surface area contributed by atoms with Gasteiger partial charge in [0, 0.05) is 31.2 Å². The van der Waals surface area contributed by atoms with Crippen molar-refractivity contribution >= 4 is 0 Å². The lowest BCUT2D eigenvalue weighted by Gasteiger charge is -2.44. The average Bonchev–Trinajstić information content (AvgIpc) is 2.67. The van der Waals surface area contributed by atoms with Gasteiger partial charge in [0.05, 0.1) is 0 Å². The summed E-state index contributed by atoms with van der Waals surface area (Å²) >= 11 is 0. The zero-order valence-corrected chi connectivity index (χ0v) is 15.8. The van der Waals surface area contributed by atoms with Gasteiger partial charge in [0.15, 0.2) is 0 Å². The highest BCUT2D eigenvalue weighted by molar-refractivity contribution is 5.40. The van der Waals surface area contributed by atoms with Crippen LogP contribution in [0.25, 0.3) is 0 Å². The molecule has 2 atom stereocenters. The minimum absolute atomic E-state index is 0.147. The molecule has 5 heteroatoms. The third-order valence-electron chi connectivity index (χ3n) is 5.07. The fourth-order valence-corrected chi connectivity index (χ4v) is 3.94. The van der Waals surface area contributed by atoms with Gasteiger partial charge in [-0.25, -0.2) is 4.39 Å². The second-order valence-corrected chi connectivity index (χ2v) is 6.79. The first kappa shape index (κ1) is 20.9. The Kier molecular flexibility index (Phi) is 8.55. The van der Waals surface area contributed by atoms with Gasteiger partial charge in [-0.1, -0.05) is 12.7 Å². The molecule has 2 N–H and O–H groups in total. The molecule has 0 aromatic heterocycles. The quantitative estimate of drug-likeness (QED) is 0.463. The van der Waals surface area contributed by atoms with Gasteiger partial charge in [0.25, 0.3) is 0 Å². The molecule has 0 bridgehead atoms. The molecule has 0 saturated carbocycles. The van der Waals surface area contributed by atoms with Crippen LogP contribution in [0.15, 0.2) is 30.9 Å². The summed E-state index contributed by atoms with van der Waals surface area (Å²) in [6.45, 7) is 8.55. The van der Waals surface area contributed by atoms with E-state index in [-0.39, 0.29) is 18.3 Å². The van der Waals surface area contributed by atoms with E-state index in [1.807, 2.05) is 6.92 Å². The third-order valence-corrected chi connectivity index (χ3v) is 5.07. The molecule has 1 unspecified atom stereocenters. The standard InChI is InChI=1S/C21H32FNO3/c1-3-14-25-20-10-9-18(22)15-19(20)21(26-4-2,11-5-6-13-24)17-8-7-12-23-16-17/h3,9-10,15,17,23-24H,1,4-8,11-14,16H2,2H3/t17-,21?/m1/s1. The number of halogens is 1. The first-order chi connectivity index (χ1) is 12.7.